The first-order valence-corrected chi connectivity index (χ1v) is 14.5. The van der Waals surface area contributed by atoms with Gasteiger partial charge < -0.3 is 5.11 Å². The first-order chi connectivity index (χ1) is 18.1. The molecule has 2 aromatic carbocycles. The second kappa shape index (κ2) is 10.4. The number of halogens is 1. The molecule has 10 heteroatoms. The topological polar surface area (TPSA) is 83.4 Å². The third-order valence-corrected chi connectivity index (χ3v) is 9.17. The predicted octanol–water partition coefficient (Wildman–Crippen LogP) is 7.11. The molecule has 0 bridgehead atoms. The molecule has 1 aliphatic heterocycles. The number of amides is 1. The molecule has 1 amide bonds. The van der Waals surface area contributed by atoms with E-state index >= 15 is 0 Å². The minimum atomic E-state index is -0.872. The van der Waals surface area contributed by atoms with Gasteiger partial charge in [-0.2, -0.15) is 0 Å². The minimum Gasteiger partial charge on any atom is -0.503 e. The monoisotopic (exact) mass is 565 g/mol. The van der Waals surface area contributed by atoms with Crippen LogP contribution in [-0.2, 0) is 16.0 Å². The maximum Gasteiger partial charge on any atom is 0.296 e. The van der Waals surface area contributed by atoms with Crippen LogP contribution in [0.1, 0.15) is 53.2 Å². The quantitative estimate of drug-likeness (QED) is 0.146. The Balaban J connectivity index is 1.51. The first-order valence-electron chi connectivity index (χ1n) is 11.8. The molecule has 1 unspecified atom stereocenters. The van der Waals surface area contributed by atoms with Gasteiger partial charge in [-0.15, -0.1) is 21.5 Å². The molecular weight excluding hydrogens is 542 g/mol. The lowest BCUT2D eigenvalue weighted by Gasteiger charge is -2.25. The van der Waals surface area contributed by atoms with Gasteiger partial charge in [0.15, 0.2) is 10.1 Å². The van der Waals surface area contributed by atoms with Crippen molar-refractivity contribution < 1.29 is 19.1 Å². The third-order valence-electron chi connectivity index (χ3n) is 6.20. The number of aromatic nitrogens is 2. The van der Waals surface area contributed by atoms with Crippen molar-refractivity contribution in [2.75, 3.05) is 4.90 Å². The fraction of sp³-hybridized carbons (Fsp3) is 0.214. The van der Waals surface area contributed by atoms with E-state index in [1.807, 2.05) is 24.3 Å². The Morgan fingerprint density at radius 3 is 2.47 bits per heavy atom. The van der Waals surface area contributed by atoms with Crippen molar-refractivity contribution in [3.8, 4) is 0 Å². The molecule has 1 aliphatic rings. The Labute approximate surface area is 231 Å². The fourth-order valence-corrected chi connectivity index (χ4v) is 6.70. The molecular formula is C28H24FN3O3S3. The summed E-state index contributed by atoms with van der Waals surface area (Å²) >= 11 is 3.70. The third kappa shape index (κ3) is 5.03. The van der Waals surface area contributed by atoms with E-state index in [-0.39, 0.29) is 21.9 Å². The molecule has 38 heavy (non-hydrogen) atoms. The average molecular weight is 566 g/mol. The van der Waals surface area contributed by atoms with Crippen LogP contribution in [0.2, 0.25) is 0 Å². The summed E-state index contributed by atoms with van der Waals surface area (Å²) in [5.74, 6) is -1.67. The van der Waals surface area contributed by atoms with Crippen LogP contribution in [0.3, 0.4) is 0 Å². The number of nitrogens with zero attached hydrogens (tertiary/aromatic N) is 3. The van der Waals surface area contributed by atoms with Crippen molar-refractivity contribution in [3.05, 3.63) is 105 Å². The molecule has 0 saturated heterocycles. The number of thioether (sulfide) groups is 1. The van der Waals surface area contributed by atoms with Crippen molar-refractivity contribution >= 4 is 51.3 Å². The van der Waals surface area contributed by atoms with Crippen LogP contribution in [0, 0.1) is 5.82 Å². The van der Waals surface area contributed by atoms with Gasteiger partial charge in [-0.3, -0.25) is 14.5 Å². The van der Waals surface area contributed by atoms with E-state index in [4.69, 9.17) is 0 Å². The molecule has 2 aromatic heterocycles. The zero-order valence-corrected chi connectivity index (χ0v) is 23.3. The van der Waals surface area contributed by atoms with Crippen molar-refractivity contribution in [1.29, 1.82) is 0 Å². The van der Waals surface area contributed by atoms with Gasteiger partial charge in [0.05, 0.1) is 16.5 Å². The summed E-state index contributed by atoms with van der Waals surface area (Å²) in [5.41, 5.74) is 2.23. The van der Waals surface area contributed by atoms with Crippen molar-refractivity contribution in [1.82, 2.24) is 10.2 Å². The van der Waals surface area contributed by atoms with Crippen LogP contribution in [-0.4, -0.2) is 27.0 Å². The summed E-state index contributed by atoms with van der Waals surface area (Å²) in [5, 5.41) is 21.4. The molecule has 6 nitrogen and oxygen atoms in total. The van der Waals surface area contributed by atoms with Gasteiger partial charge in [0.2, 0.25) is 10.9 Å². The largest absolute Gasteiger partial charge is 0.503 e. The molecule has 1 N–H and O–H groups in total. The SMILES string of the molecule is CC(C)(C)c1ccc(C2C(C(=O)c3cccs3)=C(O)C(=O)N2c2nnc(SCc3ccccc3F)s2)cc1. The van der Waals surface area contributed by atoms with Crippen LogP contribution in [0.15, 0.2) is 81.7 Å². The van der Waals surface area contributed by atoms with Crippen molar-refractivity contribution in [2.24, 2.45) is 0 Å². The number of hydrogen-bond donors (Lipinski definition) is 1. The van der Waals surface area contributed by atoms with Crippen LogP contribution in [0.25, 0.3) is 0 Å². The smallest absolute Gasteiger partial charge is 0.296 e. The number of benzene rings is 2. The van der Waals surface area contributed by atoms with E-state index < -0.39 is 23.5 Å². The number of Topliss-reactive ketones (excluding diaryl/α,β-unsaturated/α-hetero) is 1. The number of carbonyl (C=O) groups excluding carboxylic acids is 2. The van der Waals surface area contributed by atoms with Gasteiger partial charge in [-0.25, -0.2) is 4.39 Å². The summed E-state index contributed by atoms with van der Waals surface area (Å²) in [4.78, 5) is 28.6. The molecule has 1 atom stereocenters. The second-order valence-electron chi connectivity index (χ2n) is 9.75. The lowest BCUT2D eigenvalue weighted by molar-refractivity contribution is -0.117. The first kappa shape index (κ1) is 26.3. The van der Waals surface area contributed by atoms with Gasteiger partial charge in [0.25, 0.3) is 5.91 Å². The summed E-state index contributed by atoms with van der Waals surface area (Å²) in [7, 11) is 0. The highest BCUT2D eigenvalue weighted by Crippen LogP contribution is 2.44. The van der Waals surface area contributed by atoms with Crippen LogP contribution in [0.4, 0.5) is 9.52 Å². The number of hydrogen-bond acceptors (Lipinski definition) is 8. The number of ketones is 1. The zero-order valence-electron chi connectivity index (χ0n) is 20.8. The summed E-state index contributed by atoms with van der Waals surface area (Å²) < 4.78 is 14.6. The van der Waals surface area contributed by atoms with Gasteiger partial charge >= 0.3 is 0 Å². The van der Waals surface area contributed by atoms with E-state index in [9.17, 15) is 19.1 Å². The van der Waals surface area contributed by atoms with Gasteiger partial charge in [-0.1, -0.05) is 92.4 Å². The van der Waals surface area contributed by atoms with E-state index in [2.05, 4.69) is 31.0 Å². The number of thiophene rings is 1. The fourth-order valence-electron chi connectivity index (χ4n) is 4.17. The summed E-state index contributed by atoms with van der Waals surface area (Å²) in [6.07, 6.45) is 0. The molecule has 0 spiro atoms. The number of rotatable bonds is 7. The number of aliphatic hydroxyl groups is 1. The Kier molecular flexibility index (Phi) is 7.21. The van der Waals surface area contributed by atoms with E-state index in [0.29, 0.717) is 26.1 Å². The Morgan fingerprint density at radius 2 is 1.82 bits per heavy atom. The number of carbonyl (C=O) groups is 2. The molecule has 0 radical (unpaired) electrons. The molecule has 4 aromatic rings. The summed E-state index contributed by atoms with van der Waals surface area (Å²) in [6.45, 7) is 6.31. The number of anilines is 1. The zero-order chi connectivity index (χ0) is 27.0. The number of aliphatic hydroxyl groups excluding tert-OH is 1. The van der Waals surface area contributed by atoms with E-state index in [1.165, 1.54) is 34.1 Å². The van der Waals surface area contributed by atoms with E-state index in [1.54, 1.807) is 35.7 Å². The Morgan fingerprint density at radius 1 is 1.08 bits per heavy atom. The lowest BCUT2D eigenvalue weighted by atomic mass is 9.85. The Hall–Kier alpha value is -3.34. The van der Waals surface area contributed by atoms with Crippen molar-refractivity contribution in [3.63, 3.8) is 0 Å². The highest BCUT2D eigenvalue weighted by molar-refractivity contribution is 8.00. The Bertz CT molecular complexity index is 1520. The lowest BCUT2D eigenvalue weighted by Crippen LogP contribution is -2.31. The standard InChI is InChI=1S/C28H24FN3O3S3/c1-28(2,3)18-12-10-16(11-13-18)22-21(23(33)20-9-6-14-36-20)24(34)25(35)32(22)26-30-31-27(38-26)37-15-17-7-4-5-8-19(17)29/h4-14,22,34H,15H2,1-3H3. The molecule has 5 rings (SSSR count). The average Bonchev–Trinajstić information content (AvgIpc) is 3.64. The van der Waals surface area contributed by atoms with Crippen LogP contribution in [0.5, 0.6) is 0 Å². The minimum absolute atomic E-state index is 0.0109. The van der Waals surface area contributed by atoms with Gasteiger partial charge in [0, 0.05) is 5.75 Å². The van der Waals surface area contributed by atoms with Gasteiger partial charge in [0.1, 0.15) is 5.82 Å². The van der Waals surface area contributed by atoms with Gasteiger partial charge in [-0.05, 0) is 39.6 Å². The predicted molar refractivity (Wildman–Crippen MR) is 150 cm³/mol. The molecule has 194 valence electrons. The maximum atomic E-state index is 14.1. The second-order valence-corrected chi connectivity index (χ2v) is 12.9. The molecule has 3 heterocycles. The molecule has 0 saturated carbocycles. The summed E-state index contributed by atoms with van der Waals surface area (Å²) in [6, 6.07) is 16.7. The maximum absolute atomic E-state index is 14.1. The van der Waals surface area contributed by atoms with Crippen LogP contribution >= 0.6 is 34.4 Å². The highest BCUT2D eigenvalue weighted by atomic mass is 32.2. The van der Waals surface area contributed by atoms with Crippen LogP contribution < -0.4 is 4.90 Å². The van der Waals surface area contributed by atoms with E-state index in [0.717, 1.165) is 16.9 Å². The van der Waals surface area contributed by atoms with Crippen molar-refractivity contribution in [2.45, 2.75) is 42.3 Å². The normalized spacial score (nSPS) is 15.9. The molecule has 0 aliphatic carbocycles. The highest BCUT2D eigenvalue weighted by Gasteiger charge is 2.46. The molecule has 0 fully saturated rings.